The van der Waals surface area contributed by atoms with Crippen LogP contribution in [0.15, 0.2) is 65.5 Å². The van der Waals surface area contributed by atoms with Gasteiger partial charge in [-0.2, -0.15) is 0 Å². The fourth-order valence-corrected chi connectivity index (χ4v) is 2.94. The number of para-hydroxylation sites is 1. The first-order chi connectivity index (χ1) is 11.8. The second-order valence-electron chi connectivity index (χ2n) is 6.01. The number of fused-ring (bicyclic) bond motifs is 1. The van der Waals surface area contributed by atoms with Gasteiger partial charge in [0.05, 0.1) is 0 Å². The Morgan fingerprint density at radius 2 is 1.71 bits per heavy atom. The number of rotatable bonds is 7. The van der Waals surface area contributed by atoms with Gasteiger partial charge in [0, 0.05) is 37.3 Å². The minimum atomic E-state index is -0.0181. The van der Waals surface area contributed by atoms with E-state index < -0.39 is 0 Å². The van der Waals surface area contributed by atoms with Gasteiger partial charge in [0.2, 0.25) is 0 Å². The molecule has 0 aliphatic carbocycles. The average molecular weight is 321 g/mol. The van der Waals surface area contributed by atoms with E-state index in [1.54, 1.807) is 0 Å². The van der Waals surface area contributed by atoms with Crippen LogP contribution in [0.3, 0.4) is 0 Å². The standard InChI is InChI=1S/C20H23N3O/c21-11-13-23(12-10-16-6-2-1-3-7-16)15-18-14-17-8-4-5-9-19(17)22-20(18)24/h1-9,14H,10-13,15,21H2,(H,22,24). The van der Waals surface area contributed by atoms with Crippen molar-refractivity contribution in [1.82, 2.24) is 9.88 Å². The van der Waals surface area contributed by atoms with Gasteiger partial charge >= 0.3 is 0 Å². The Bertz CT molecular complexity index is 842. The molecule has 0 radical (unpaired) electrons. The fraction of sp³-hybridized carbons (Fsp3) is 0.250. The second kappa shape index (κ2) is 7.90. The minimum absolute atomic E-state index is 0.0181. The molecule has 4 heteroatoms. The number of hydrogen-bond acceptors (Lipinski definition) is 3. The molecule has 1 heterocycles. The summed E-state index contributed by atoms with van der Waals surface area (Å²) in [6.45, 7) is 2.86. The largest absolute Gasteiger partial charge is 0.329 e. The summed E-state index contributed by atoms with van der Waals surface area (Å²) in [5.41, 5.74) is 8.70. The predicted octanol–water partition coefficient (Wildman–Crippen LogP) is 2.53. The molecule has 124 valence electrons. The number of nitrogens with zero attached hydrogens (tertiary/aromatic N) is 1. The average Bonchev–Trinajstić information content (AvgIpc) is 2.61. The molecule has 0 aliphatic rings. The number of nitrogens with two attached hydrogens (primary N) is 1. The summed E-state index contributed by atoms with van der Waals surface area (Å²) in [4.78, 5) is 17.5. The third-order valence-electron chi connectivity index (χ3n) is 4.23. The van der Waals surface area contributed by atoms with Crippen LogP contribution >= 0.6 is 0 Å². The third kappa shape index (κ3) is 4.10. The van der Waals surface area contributed by atoms with Crippen molar-refractivity contribution in [3.63, 3.8) is 0 Å². The molecule has 3 aromatic rings. The molecule has 0 fully saturated rings. The van der Waals surface area contributed by atoms with E-state index in [0.29, 0.717) is 13.1 Å². The number of nitrogens with one attached hydrogen (secondary N) is 1. The predicted molar refractivity (Wildman–Crippen MR) is 99.0 cm³/mol. The first-order valence-electron chi connectivity index (χ1n) is 8.33. The maximum Gasteiger partial charge on any atom is 0.252 e. The minimum Gasteiger partial charge on any atom is -0.329 e. The number of benzene rings is 2. The van der Waals surface area contributed by atoms with Crippen LogP contribution in [0.5, 0.6) is 0 Å². The highest BCUT2D eigenvalue weighted by Gasteiger charge is 2.09. The Kier molecular flexibility index (Phi) is 5.41. The molecule has 2 aromatic carbocycles. The topological polar surface area (TPSA) is 62.1 Å². The highest BCUT2D eigenvalue weighted by molar-refractivity contribution is 5.78. The molecule has 0 bridgehead atoms. The van der Waals surface area contributed by atoms with Gasteiger partial charge in [-0.15, -0.1) is 0 Å². The van der Waals surface area contributed by atoms with E-state index >= 15 is 0 Å². The van der Waals surface area contributed by atoms with Crippen LogP contribution in [0.25, 0.3) is 10.9 Å². The van der Waals surface area contributed by atoms with Crippen LogP contribution in [-0.2, 0) is 13.0 Å². The van der Waals surface area contributed by atoms with Gasteiger partial charge in [0.15, 0.2) is 0 Å². The van der Waals surface area contributed by atoms with E-state index in [2.05, 4.69) is 34.1 Å². The normalized spacial score (nSPS) is 11.2. The number of hydrogen-bond donors (Lipinski definition) is 2. The van der Waals surface area contributed by atoms with Crippen molar-refractivity contribution >= 4 is 10.9 Å². The van der Waals surface area contributed by atoms with Gasteiger partial charge in [0.1, 0.15) is 0 Å². The Morgan fingerprint density at radius 1 is 0.958 bits per heavy atom. The van der Waals surface area contributed by atoms with Crippen molar-refractivity contribution in [2.75, 3.05) is 19.6 Å². The van der Waals surface area contributed by atoms with E-state index in [1.807, 2.05) is 36.4 Å². The zero-order chi connectivity index (χ0) is 16.8. The van der Waals surface area contributed by atoms with E-state index in [0.717, 1.165) is 36.0 Å². The zero-order valence-electron chi connectivity index (χ0n) is 13.7. The van der Waals surface area contributed by atoms with E-state index in [-0.39, 0.29) is 5.56 Å². The van der Waals surface area contributed by atoms with E-state index in [4.69, 9.17) is 5.73 Å². The van der Waals surface area contributed by atoms with Crippen molar-refractivity contribution in [3.8, 4) is 0 Å². The molecule has 0 amide bonds. The summed E-state index contributed by atoms with van der Waals surface area (Å²) in [7, 11) is 0. The van der Waals surface area contributed by atoms with Crippen molar-refractivity contribution < 1.29 is 0 Å². The van der Waals surface area contributed by atoms with Gasteiger partial charge in [-0.1, -0.05) is 48.5 Å². The van der Waals surface area contributed by atoms with Crippen LogP contribution in [0.2, 0.25) is 0 Å². The monoisotopic (exact) mass is 321 g/mol. The van der Waals surface area contributed by atoms with Gasteiger partial charge < -0.3 is 10.7 Å². The molecule has 1 aromatic heterocycles. The number of aromatic amines is 1. The first-order valence-corrected chi connectivity index (χ1v) is 8.33. The van der Waals surface area contributed by atoms with Crippen LogP contribution in [-0.4, -0.2) is 29.5 Å². The molecular formula is C20H23N3O. The summed E-state index contributed by atoms with van der Waals surface area (Å²) in [6.07, 6.45) is 0.951. The third-order valence-corrected chi connectivity index (χ3v) is 4.23. The SMILES string of the molecule is NCCN(CCc1ccccc1)Cc1cc2ccccc2[nH]c1=O. The Balaban J connectivity index is 1.75. The molecule has 4 nitrogen and oxygen atoms in total. The van der Waals surface area contributed by atoms with Gasteiger partial charge in [-0.05, 0) is 29.5 Å². The van der Waals surface area contributed by atoms with E-state index in [1.165, 1.54) is 5.56 Å². The lowest BCUT2D eigenvalue weighted by Gasteiger charge is -2.21. The molecule has 0 saturated carbocycles. The fourth-order valence-electron chi connectivity index (χ4n) is 2.94. The van der Waals surface area contributed by atoms with Crippen molar-refractivity contribution in [2.24, 2.45) is 5.73 Å². The summed E-state index contributed by atoms with van der Waals surface area (Å²) in [5.74, 6) is 0. The lowest BCUT2D eigenvalue weighted by atomic mass is 10.1. The maximum atomic E-state index is 12.3. The lowest BCUT2D eigenvalue weighted by molar-refractivity contribution is 0.275. The Hall–Kier alpha value is -2.43. The second-order valence-corrected chi connectivity index (χ2v) is 6.01. The number of H-pyrrole nitrogens is 1. The number of aromatic nitrogens is 1. The summed E-state index contributed by atoms with van der Waals surface area (Å²) in [6, 6.07) is 20.2. The Labute approximate surface area is 141 Å². The molecule has 0 unspecified atom stereocenters. The molecular weight excluding hydrogens is 298 g/mol. The first kappa shape index (κ1) is 16.4. The molecule has 24 heavy (non-hydrogen) atoms. The molecule has 0 spiro atoms. The van der Waals surface area contributed by atoms with Crippen molar-refractivity contribution in [1.29, 1.82) is 0 Å². The maximum absolute atomic E-state index is 12.3. The summed E-state index contributed by atoms with van der Waals surface area (Å²) >= 11 is 0. The lowest BCUT2D eigenvalue weighted by Crippen LogP contribution is -2.33. The smallest absolute Gasteiger partial charge is 0.252 e. The van der Waals surface area contributed by atoms with Crippen LogP contribution < -0.4 is 11.3 Å². The van der Waals surface area contributed by atoms with Crippen LogP contribution in [0, 0.1) is 0 Å². The molecule has 3 rings (SSSR count). The van der Waals surface area contributed by atoms with Gasteiger partial charge in [-0.3, -0.25) is 9.69 Å². The highest BCUT2D eigenvalue weighted by Crippen LogP contribution is 2.12. The molecule has 3 N–H and O–H groups in total. The molecule has 0 saturated heterocycles. The molecule has 0 atom stereocenters. The van der Waals surface area contributed by atoms with Crippen molar-refractivity contribution in [2.45, 2.75) is 13.0 Å². The zero-order valence-corrected chi connectivity index (χ0v) is 13.7. The van der Waals surface area contributed by atoms with Crippen molar-refractivity contribution in [3.05, 3.63) is 82.1 Å². The van der Waals surface area contributed by atoms with Crippen LogP contribution in [0.4, 0.5) is 0 Å². The highest BCUT2D eigenvalue weighted by atomic mass is 16.1. The Morgan fingerprint density at radius 3 is 2.50 bits per heavy atom. The van der Waals surface area contributed by atoms with Gasteiger partial charge in [0.25, 0.3) is 5.56 Å². The van der Waals surface area contributed by atoms with Gasteiger partial charge in [-0.25, -0.2) is 0 Å². The molecule has 0 aliphatic heterocycles. The van der Waals surface area contributed by atoms with Crippen LogP contribution in [0.1, 0.15) is 11.1 Å². The quantitative estimate of drug-likeness (QED) is 0.703. The number of pyridine rings is 1. The summed E-state index contributed by atoms with van der Waals surface area (Å²) in [5, 5.41) is 1.06. The summed E-state index contributed by atoms with van der Waals surface area (Å²) < 4.78 is 0. The van der Waals surface area contributed by atoms with E-state index in [9.17, 15) is 4.79 Å².